The number of pyridine rings is 2. The van der Waals surface area contributed by atoms with Crippen LogP contribution in [0.2, 0.25) is 19.6 Å². The maximum absolute atomic E-state index is 6.37. The normalized spacial score (nSPS) is 11.3. The van der Waals surface area contributed by atoms with Gasteiger partial charge in [-0.2, -0.15) is 0 Å². The third kappa shape index (κ3) is 7.72. The van der Waals surface area contributed by atoms with E-state index < -0.39 is 8.07 Å². The zero-order chi connectivity index (χ0) is 34.7. The summed E-state index contributed by atoms with van der Waals surface area (Å²) < 4.78 is 6.37. The Bertz CT molecular complexity index is 2380. The zero-order valence-electron chi connectivity index (χ0n) is 29.6. The molecule has 8 rings (SSSR count). The molecule has 0 fully saturated rings. The van der Waals surface area contributed by atoms with Crippen LogP contribution in [-0.4, -0.2) is 18.0 Å². The summed E-state index contributed by atoms with van der Waals surface area (Å²) in [6.45, 7) is 11.7. The molecule has 0 unspecified atom stereocenters. The number of fused-ring (bicyclic) bond motifs is 3. The summed E-state index contributed by atoms with van der Waals surface area (Å²) in [6.07, 6.45) is 3.95. The molecule has 0 aliphatic rings. The monoisotopic (exact) mass is 857 g/mol. The van der Waals surface area contributed by atoms with Gasteiger partial charge in [0.05, 0.1) is 13.7 Å². The number of aromatic nitrogens is 2. The van der Waals surface area contributed by atoms with Crippen molar-refractivity contribution in [3.63, 3.8) is 0 Å². The molecule has 51 heavy (non-hydrogen) atoms. The first-order valence-electron chi connectivity index (χ1n) is 17.2. The van der Waals surface area contributed by atoms with Crippen molar-refractivity contribution in [1.82, 2.24) is 9.97 Å². The van der Waals surface area contributed by atoms with Crippen molar-refractivity contribution in [2.24, 2.45) is 0 Å². The summed E-state index contributed by atoms with van der Waals surface area (Å²) in [5.41, 5.74) is 11.5. The van der Waals surface area contributed by atoms with Gasteiger partial charge in [-0.1, -0.05) is 147 Å². The van der Waals surface area contributed by atoms with E-state index in [2.05, 4.69) is 135 Å². The van der Waals surface area contributed by atoms with Gasteiger partial charge in [0.25, 0.3) is 0 Å². The molecule has 0 atom stereocenters. The smallest absolute Gasteiger partial charge is 0.120 e. The third-order valence-electron chi connectivity index (χ3n) is 9.01. The van der Waals surface area contributed by atoms with E-state index in [0.717, 1.165) is 66.7 Å². The Labute approximate surface area is 315 Å². The first kappa shape index (κ1) is 35.9. The standard InChI is InChI=1S/C29H18NO.C17H22NSi.Ir/c1-3-9-20(10-4-1)22-17-18-30-26(19-22)24-16-15-23(21-11-5-2-6-12-21)28-25-13-7-8-14-27(25)31-29(24)28;1-13(2)15-11-16(14-9-7-6-8-10-14)18-12-17(15)19(3,4)5;/h1-15,17-19H;6-9,11-13H,1-5H3;/q2*-1;. The van der Waals surface area contributed by atoms with Gasteiger partial charge in [-0.05, 0) is 51.1 Å². The number of hydrogen-bond acceptors (Lipinski definition) is 3. The van der Waals surface area contributed by atoms with Gasteiger partial charge in [-0.25, -0.2) is 0 Å². The summed E-state index contributed by atoms with van der Waals surface area (Å²) in [5, 5.41) is 3.68. The fourth-order valence-electron chi connectivity index (χ4n) is 6.46. The van der Waals surface area contributed by atoms with E-state index in [4.69, 9.17) is 4.42 Å². The second kappa shape index (κ2) is 15.5. The molecule has 0 spiro atoms. The van der Waals surface area contributed by atoms with Crippen LogP contribution in [0.25, 0.3) is 66.7 Å². The molecule has 5 aromatic carbocycles. The van der Waals surface area contributed by atoms with Crippen LogP contribution in [0.1, 0.15) is 25.3 Å². The second-order valence-corrected chi connectivity index (χ2v) is 18.9. The Hall–Kier alpha value is -4.93. The van der Waals surface area contributed by atoms with E-state index in [1.165, 1.54) is 10.8 Å². The molecule has 0 aliphatic carbocycles. The molecule has 0 saturated heterocycles. The summed E-state index contributed by atoms with van der Waals surface area (Å²) >= 11 is 0. The molecule has 1 radical (unpaired) electrons. The number of furan rings is 1. The van der Waals surface area contributed by atoms with Gasteiger partial charge in [-0.15, -0.1) is 48.0 Å². The Morgan fingerprint density at radius 2 is 1.35 bits per heavy atom. The minimum atomic E-state index is -1.34. The van der Waals surface area contributed by atoms with E-state index in [1.807, 2.05) is 66.9 Å². The minimum absolute atomic E-state index is 0. The number of nitrogens with zero attached hydrogens (tertiary/aromatic N) is 2. The predicted molar refractivity (Wildman–Crippen MR) is 212 cm³/mol. The third-order valence-corrected chi connectivity index (χ3v) is 11.0. The molecule has 3 nitrogen and oxygen atoms in total. The van der Waals surface area contributed by atoms with Gasteiger partial charge in [0.15, 0.2) is 0 Å². The van der Waals surface area contributed by atoms with Gasteiger partial charge in [-0.3, -0.25) is 0 Å². The molecular weight excluding hydrogens is 817 g/mol. The molecule has 3 heterocycles. The fraction of sp³-hybridized carbons (Fsp3) is 0.130. The van der Waals surface area contributed by atoms with E-state index in [1.54, 1.807) is 0 Å². The Morgan fingerprint density at radius 1 is 0.667 bits per heavy atom. The number of hydrogen-bond donors (Lipinski definition) is 0. The quantitative estimate of drug-likeness (QED) is 0.124. The van der Waals surface area contributed by atoms with Crippen LogP contribution in [0.3, 0.4) is 0 Å². The Morgan fingerprint density at radius 3 is 2.04 bits per heavy atom. The van der Waals surface area contributed by atoms with Crippen LogP contribution in [0.5, 0.6) is 0 Å². The fourth-order valence-corrected chi connectivity index (χ4v) is 8.14. The molecule has 0 bridgehead atoms. The average Bonchev–Trinajstić information content (AvgIpc) is 3.55. The van der Waals surface area contributed by atoms with Crippen LogP contribution < -0.4 is 5.19 Å². The van der Waals surface area contributed by atoms with Crippen molar-refractivity contribution in [3.05, 3.63) is 164 Å². The molecule has 5 heteroatoms. The van der Waals surface area contributed by atoms with E-state index in [0.29, 0.717) is 5.92 Å². The van der Waals surface area contributed by atoms with Crippen molar-refractivity contribution in [3.8, 4) is 44.8 Å². The summed E-state index contributed by atoms with van der Waals surface area (Å²) in [7, 11) is -1.34. The van der Waals surface area contributed by atoms with Crippen molar-refractivity contribution in [1.29, 1.82) is 0 Å². The Balaban J connectivity index is 0.000000194. The first-order valence-corrected chi connectivity index (χ1v) is 20.7. The summed E-state index contributed by atoms with van der Waals surface area (Å²) in [6, 6.07) is 52.2. The van der Waals surface area contributed by atoms with Gasteiger partial charge < -0.3 is 14.4 Å². The van der Waals surface area contributed by atoms with Gasteiger partial charge in [0.1, 0.15) is 5.58 Å². The van der Waals surface area contributed by atoms with Gasteiger partial charge in [0.2, 0.25) is 0 Å². The maximum atomic E-state index is 6.37. The van der Waals surface area contributed by atoms with E-state index in [9.17, 15) is 0 Å². The molecule has 0 N–H and O–H groups in total. The SMILES string of the molecule is CC(C)c1cc(-c2[c-]cccc2)ncc1[Si](C)(C)C.[Ir].[c-]1cc(-c2ccccc2)c2c(oc3ccccc32)c1-c1cc(-c2ccccc2)ccn1. The largest absolute Gasteiger partial charge is 0.501 e. The average molecular weight is 857 g/mol. The molecule has 0 aliphatic heterocycles. The van der Waals surface area contributed by atoms with Crippen molar-refractivity contribution in [2.75, 3.05) is 0 Å². The van der Waals surface area contributed by atoms with Crippen LogP contribution in [-0.2, 0) is 20.1 Å². The number of para-hydroxylation sites is 1. The Kier molecular flexibility index (Phi) is 10.9. The number of benzene rings is 5. The molecule has 0 amide bonds. The van der Waals surface area contributed by atoms with Gasteiger partial charge >= 0.3 is 0 Å². The number of rotatable bonds is 6. The van der Waals surface area contributed by atoms with Crippen molar-refractivity contribution < 1.29 is 24.5 Å². The van der Waals surface area contributed by atoms with Gasteiger partial charge in [0, 0.05) is 37.9 Å². The zero-order valence-corrected chi connectivity index (χ0v) is 33.0. The maximum Gasteiger partial charge on any atom is 0.120 e. The van der Waals surface area contributed by atoms with Crippen LogP contribution in [0, 0.1) is 12.1 Å². The van der Waals surface area contributed by atoms with Crippen LogP contribution >= 0.6 is 0 Å². The van der Waals surface area contributed by atoms with Crippen LogP contribution in [0.15, 0.2) is 150 Å². The van der Waals surface area contributed by atoms with Crippen molar-refractivity contribution in [2.45, 2.75) is 39.4 Å². The predicted octanol–water partition coefficient (Wildman–Crippen LogP) is 12.0. The molecule has 0 saturated carbocycles. The topological polar surface area (TPSA) is 38.9 Å². The molecular formula is C46H40IrN2OSi-2. The van der Waals surface area contributed by atoms with E-state index in [-0.39, 0.29) is 20.1 Å². The summed E-state index contributed by atoms with van der Waals surface area (Å²) in [5.74, 6) is 0.534. The molecule has 3 aromatic heterocycles. The van der Waals surface area contributed by atoms with Crippen molar-refractivity contribution >= 4 is 35.2 Å². The molecule has 8 aromatic rings. The molecule has 255 valence electrons. The second-order valence-electron chi connectivity index (χ2n) is 13.9. The van der Waals surface area contributed by atoms with Crippen LogP contribution in [0.4, 0.5) is 0 Å². The first-order chi connectivity index (χ1) is 24.3. The van der Waals surface area contributed by atoms with E-state index >= 15 is 0 Å². The summed E-state index contributed by atoms with van der Waals surface area (Å²) in [4.78, 5) is 9.33. The minimum Gasteiger partial charge on any atom is -0.501 e.